The number of carbonyl (C=O) groups is 2. The lowest BCUT2D eigenvalue weighted by Gasteiger charge is -2.11. The summed E-state index contributed by atoms with van der Waals surface area (Å²) in [5.74, 6) is -2.28. The number of carboxylic acids is 1. The molecule has 4 rings (SSSR count). The lowest BCUT2D eigenvalue weighted by atomic mass is 10.1. The van der Waals surface area contributed by atoms with Crippen molar-refractivity contribution in [2.75, 3.05) is 5.32 Å². The Labute approximate surface area is 201 Å². The molecule has 0 atom stereocenters. The van der Waals surface area contributed by atoms with Crippen molar-refractivity contribution in [3.8, 4) is 22.7 Å². The zero-order chi connectivity index (χ0) is 25.3. The van der Waals surface area contributed by atoms with E-state index in [-0.39, 0.29) is 39.0 Å². The Morgan fingerprint density at radius 2 is 1.66 bits per heavy atom. The molecule has 7 nitrogen and oxygen atoms in total. The molecule has 0 radical (unpaired) electrons. The molecule has 3 aromatic carbocycles. The average molecular weight is 502 g/mol. The molecule has 1 amide bonds. The quantitative estimate of drug-likeness (QED) is 0.297. The molecule has 0 bridgehead atoms. The summed E-state index contributed by atoms with van der Waals surface area (Å²) in [4.78, 5) is 24.0. The van der Waals surface area contributed by atoms with E-state index in [9.17, 15) is 33.0 Å². The first kappa shape index (κ1) is 23.8. The molecule has 0 aliphatic rings. The third-order valence-corrected chi connectivity index (χ3v) is 5.32. The smallest absolute Gasteiger partial charge is 0.435 e. The molecule has 0 unspecified atom stereocenters. The molecule has 178 valence electrons. The zero-order valence-corrected chi connectivity index (χ0v) is 18.3. The number of anilines is 1. The molecule has 0 aliphatic carbocycles. The van der Waals surface area contributed by atoms with E-state index in [1.54, 1.807) is 12.1 Å². The Kier molecular flexibility index (Phi) is 6.23. The van der Waals surface area contributed by atoms with E-state index < -0.39 is 23.7 Å². The second kappa shape index (κ2) is 9.15. The van der Waals surface area contributed by atoms with E-state index in [1.165, 1.54) is 48.5 Å². The second-order valence-electron chi connectivity index (χ2n) is 7.34. The number of nitrogens with zero attached hydrogens (tertiary/aromatic N) is 2. The molecule has 35 heavy (non-hydrogen) atoms. The molecular formula is C24H15ClF3N3O4. The molecule has 1 heterocycles. The van der Waals surface area contributed by atoms with Crippen LogP contribution in [-0.2, 0) is 6.18 Å². The Hall–Kier alpha value is -4.31. The minimum atomic E-state index is -4.69. The first-order valence-corrected chi connectivity index (χ1v) is 10.3. The molecule has 3 N–H and O–H groups in total. The first-order chi connectivity index (χ1) is 16.5. The van der Waals surface area contributed by atoms with E-state index in [4.69, 9.17) is 11.6 Å². The Morgan fingerprint density at radius 1 is 0.971 bits per heavy atom. The maximum atomic E-state index is 13.4. The lowest BCUT2D eigenvalue weighted by Crippen LogP contribution is -2.14. The van der Waals surface area contributed by atoms with Crippen LogP contribution >= 0.6 is 11.6 Å². The van der Waals surface area contributed by atoms with E-state index in [0.717, 1.165) is 16.8 Å². The van der Waals surface area contributed by atoms with Crippen molar-refractivity contribution in [3.63, 3.8) is 0 Å². The number of aromatic carboxylic acids is 1. The molecule has 0 aliphatic heterocycles. The number of hydrogen-bond acceptors (Lipinski definition) is 4. The van der Waals surface area contributed by atoms with Gasteiger partial charge < -0.3 is 15.5 Å². The van der Waals surface area contributed by atoms with Crippen LogP contribution in [0.2, 0.25) is 5.02 Å². The minimum absolute atomic E-state index is 0.0315. The fourth-order valence-electron chi connectivity index (χ4n) is 3.34. The predicted octanol–water partition coefficient (Wildman–Crippen LogP) is 5.87. The summed E-state index contributed by atoms with van der Waals surface area (Å²) in [6, 6.07) is 16.3. The van der Waals surface area contributed by atoms with E-state index in [1.807, 2.05) is 0 Å². The number of phenolic OH excluding ortho intramolecular Hbond substituents is 1. The van der Waals surface area contributed by atoms with Gasteiger partial charge in [-0.2, -0.15) is 18.3 Å². The fourth-order valence-corrected chi connectivity index (χ4v) is 3.55. The normalized spacial score (nSPS) is 11.3. The molecule has 0 spiro atoms. The molecular weight excluding hydrogens is 487 g/mol. The van der Waals surface area contributed by atoms with Crippen LogP contribution in [0.5, 0.6) is 5.75 Å². The van der Waals surface area contributed by atoms with E-state index in [0.29, 0.717) is 5.56 Å². The van der Waals surface area contributed by atoms with Gasteiger partial charge in [-0.1, -0.05) is 35.9 Å². The summed E-state index contributed by atoms with van der Waals surface area (Å²) < 4.78 is 41.2. The first-order valence-electron chi connectivity index (χ1n) is 9.95. The Bertz CT molecular complexity index is 1430. The topological polar surface area (TPSA) is 104 Å². The van der Waals surface area contributed by atoms with Crippen LogP contribution in [0.1, 0.15) is 26.4 Å². The highest BCUT2D eigenvalue weighted by Crippen LogP contribution is 2.34. The maximum Gasteiger partial charge on any atom is 0.435 e. The summed E-state index contributed by atoms with van der Waals surface area (Å²) >= 11 is 6.18. The number of nitrogens with one attached hydrogen (secondary N) is 1. The van der Waals surface area contributed by atoms with Crippen LogP contribution in [0.4, 0.5) is 18.9 Å². The number of alkyl halides is 3. The number of amides is 1. The number of carbonyl (C=O) groups excluding carboxylic acids is 1. The summed E-state index contributed by atoms with van der Waals surface area (Å²) in [6.07, 6.45) is -4.69. The molecule has 1 aromatic heterocycles. The molecule has 4 aromatic rings. The van der Waals surface area contributed by atoms with E-state index >= 15 is 0 Å². The van der Waals surface area contributed by atoms with Gasteiger partial charge in [0.25, 0.3) is 5.91 Å². The van der Waals surface area contributed by atoms with Gasteiger partial charge in [-0.15, -0.1) is 0 Å². The van der Waals surface area contributed by atoms with Gasteiger partial charge in [-0.3, -0.25) is 4.79 Å². The third-order valence-electron chi connectivity index (χ3n) is 5.01. The highest BCUT2D eigenvalue weighted by molar-refractivity contribution is 6.32. The van der Waals surface area contributed by atoms with Crippen molar-refractivity contribution in [1.82, 2.24) is 9.78 Å². The van der Waals surface area contributed by atoms with Crippen LogP contribution in [0.25, 0.3) is 16.9 Å². The SMILES string of the molecule is O=C(Nc1ccc(O)cc1C(=O)O)c1ccc(-c2cc(C(F)(F)F)nn2-c2ccccc2Cl)cc1. The number of benzene rings is 3. The number of para-hydroxylation sites is 1. The number of hydrogen-bond donors (Lipinski definition) is 3. The number of halogens is 4. The van der Waals surface area contributed by atoms with Crippen molar-refractivity contribution in [1.29, 1.82) is 0 Å². The number of phenols is 1. The second-order valence-corrected chi connectivity index (χ2v) is 7.75. The van der Waals surface area contributed by atoms with Gasteiger partial charge in [0, 0.05) is 11.1 Å². The van der Waals surface area contributed by atoms with Gasteiger partial charge in [-0.25, -0.2) is 9.48 Å². The standard InChI is InChI=1S/C24H15ClF3N3O4/c25-17-3-1-2-4-19(17)31-20(12-21(30-31)24(26,27)28)13-5-7-14(8-6-13)22(33)29-18-10-9-15(32)11-16(18)23(34)35/h1-12,32H,(H,29,33)(H,34,35). The predicted molar refractivity (Wildman–Crippen MR) is 122 cm³/mol. The molecule has 11 heteroatoms. The van der Waals surface area contributed by atoms with E-state index in [2.05, 4.69) is 10.4 Å². The monoisotopic (exact) mass is 501 g/mol. The van der Waals surface area contributed by atoms with Crippen LogP contribution in [0, 0.1) is 0 Å². The summed E-state index contributed by atoms with van der Waals surface area (Å²) in [7, 11) is 0. The third kappa shape index (κ3) is 4.97. The summed E-state index contributed by atoms with van der Waals surface area (Å²) in [5, 5.41) is 25.1. The Balaban J connectivity index is 1.68. The van der Waals surface area contributed by atoms with Gasteiger partial charge in [0.05, 0.1) is 27.7 Å². The molecule has 0 saturated heterocycles. The largest absolute Gasteiger partial charge is 0.508 e. The van der Waals surface area contributed by atoms with Gasteiger partial charge in [0.15, 0.2) is 5.69 Å². The average Bonchev–Trinajstić information content (AvgIpc) is 3.26. The van der Waals surface area contributed by atoms with Crippen molar-refractivity contribution >= 4 is 29.2 Å². The highest BCUT2D eigenvalue weighted by Gasteiger charge is 2.35. The van der Waals surface area contributed by atoms with Crippen LogP contribution in [0.3, 0.4) is 0 Å². The number of rotatable bonds is 5. The highest BCUT2D eigenvalue weighted by atomic mass is 35.5. The van der Waals surface area contributed by atoms with Crippen molar-refractivity contribution < 1.29 is 33.0 Å². The molecule has 0 fully saturated rings. The van der Waals surface area contributed by atoms with Gasteiger partial charge in [0.1, 0.15) is 5.75 Å². The molecule has 0 saturated carbocycles. The number of aromatic nitrogens is 2. The number of carboxylic acid groups (broad SMARTS) is 1. The number of aromatic hydroxyl groups is 1. The van der Waals surface area contributed by atoms with Gasteiger partial charge in [-0.05, 0) is 48.5 Å². The van der Waals surface area contributed by atoms with Crippen molar-refractivity contribution in [2.45, 2.75) is 6.18 Å². The lowest BCUT2D eigenvalue weighted by molar-refractivity contribution is -0.141. The van der Waals surface area contributed by atoms with Crippen molar-refractivity contribution in [2.24, 2.45) is 0 Å². The van der Waals surface area contributed by atoms with Crippen LogP contribution in [0.15, 0.2) is 72.8 Å². The zero-order valence-electron chi connectivity index (χ0n) is 17.5. The van der Waals surface area contributed by atoms with Crippen molar-refractivity contribution in [3.05, 3.63) is 94.6 Å². The van der Waals surface area contributed by atoms with Gasteiger partial charge >= 0.3 is 12.1 Å². The summed E-state index contributed by atoms with van der Waals surface area (Å²) in [6.45, 7) is 0. The fraction of sp³-hybridized carbons (Fsp3) is 0.0417. The Morgan fingerprint density at radius 3 is 2.29 bits per heavy atom. The van der Waals surface area contributed by atoms with Gasteiger partial charge in [0.2, 0.25) is 0 Å². The van der Waals surface area contributed by atoms with Crippen LogP contribution in [-0.4, -0.2) is 31.9 Å². The maximum absolute atomic E-state index is 13.4. The van der Waals surface area contributed by atoms with Crippen LogP contribution < -0.4 is 5.32 Å². The summed E-state index contributed by atoms with van der Waals surface area (Å²) in [5.41, 5.74) is -0.644. The minimum Gasteiger partial charge on any atom is -0.508 e.